The molecule has 4 aliphatic rings. The lowest BCUT2D eigenvalue weighted by Crippen LogP contribution is -2.54. The van der Waals surface area contributed by atoms with E-state index in [0.29, 0.717) is 62.0 Å². The van der Waals surface area contributed by atoms with Crippen LogP contribution in [-0.2, 0) is 32.8 Å². The normalized spacial score (nSPS) is 18.7. The number of aryl methyl sites for hydroxylation is 1. The molecule has 7 heterocycles. The molecule has 2 atom stereocenters. The van der Waals surface area contributed by atoms with Crippen molar-refractivity contribution in [2.24, 2.45) is 7.05 Å². The molecule has 3 fully saturated rings. The Bertz CT molecular complexity index is 2760. The third-order valence-corrected chi connectivity index (χ3v) is 13.4. The van der Waals surface area contributed by atoms with Gasteiger partial charge >= 0.3 is 0 Å². The summed E-state index contributed by atoms with van der Waals surface area (Å²) >= 11 is 1.25. The Labute approximate surface area is 370 Å². The van der Waals surface area contributed by atoms with Gasteiger partial charge in [-0.15, -0.1) is 11.3 Å². The van der Waals surface area contributed by atoms with Gasteiger partial charge in [-0.2, -0.15) is 5.10 Å². The molecule has 328 valence electrons. The van der Waals surface area contributed by atoms with Gasteiger partial charge in [-0.05, 0) is 60.0 Å². The molecule has 0 spiro atoms. The Morgan fingerprint density at radius 2 is 1.64 bits per heavy atom. The first kappa shape index (κ1) is 41.0. The number of amides is 5. The topological polar surface area (TPSA) is 185 Å². The molecule has 0 radical (unpaired) electrons. The molecule has 19 heteroatoms. The van der Waals surface area contributed by atoms with Crippen LogP contribution in [0.2, 0.25) is 0 Å². The summed E-state index contributed by atoms with van der Waals surface area (Å²) in [6, 6.07) is 15.9. The second-order valence-corrected chi connectivity index (χ2v) is 17.4. The molecular formula is C45H45FN12O5S. The number of imide groups is 1. The number of nitrogens with one attached hydrogen (secondary N) is 3. The Morgan fingerprint density at radius 3 is 2.36 bits per heavy atom. The molecule has 0 aliphatic carbocycles. The van der Waals surface area contributed by atoms with Crippen LogP contribution in [0, 0.1) is 5.82 Å². The zero-order chi connectivity index (χ0) is 44.1. The monoisotopic (exact) mass is 884 g/mol. The van der Waals surface area contributed by atoms with Gasteiger partial charge in [-0.3, -0.25) is 44.2 Å². The number of thiazole rings is 1. The van der Waals surface area contributed by atoms with E-state index in [1.807, 2.05) is 42.3 Å². The average Bonchev–Trinajstić information content (AvgIpc) is 4.14. The van der Waals surface area contributed by atoms with Gasteiger partial charge < -0.3 is 24.6 Å². The fraction of sp³-hybridized carbons (Fsp3) is 0.333. The van der Waals surface area contributed by atoms with E-state index < -0.39 is 29.6 Å². The summed E-state index contributed by atoms with van der Waals surface area (Å²) < 4.78 is 17.6. The highest BCUT2D eigenvalue weighted by molar-refractivity contribution is 7.13. The molecule has 4 aliphatic heterocycles. The lowest BCUT2D eigenvalue weighted by molar-refractivity contribution is -0.134. The molecule has 3 aromatic carbocycles. The van der Waals surface area contributed by atoms with Crippen molar-refractivity contribution in [3.63, 3.8) is 0 Å². The number of imidazole rings is 1. The van der Waals surface area contributed by atoms with Crippen molar-refractivity contribution in [3.8, 4) is 11.1 Å². The van der Waals surface area contributed by atoms with Crippen LogP contribution in [-0.4, -0.2) is 128 Å². The first-order valence-corrected chi connectivity index (χ1v) is 22.2. The first-order valence-electron chi connectivity index (χ1n) is 21.3. The summed E-state index contributed by atoms with van der Waals surface area (Å²) in [5.74, 6) is -2.13. The van der Waals surface area contributed by atoms with Crippen LogP contribution >= 0.6 is 11.3 Å². The van der Waals surface area contributed by atoms with Crippen LogP contribution in [0.25, 0.3) is 22.0 Å². The van der Waals surface area contributed by atoms with E-state index in [2.05, 4.69) is 57.5 Å². The number of piperazine rings is 2. The van der Waals surface area contributed by atoms with Crippen LogP contribution in [0.3, 0.4) is 0 Å². The van der Waals surface area contributed by atoms with Crippen molar-refractivity contribution < 1.29 is 28.4 Å². The van der Waals surface area contributed by atoms with Crippen molar-refractivity contribution in [2.75, 3.05) is 74.0 Å². The number of halogens is 1. The summed E-state index contributed by atoms with van der Waals surface area (Å²) in [7, 11) is 1.87. The molecule has 3 saturated heterocycles. The number of carbonyl (C=O) groups is 5. The quantitative estimate of drug-likeness (QED) is 0.170. The molecule has 3 aromatic heterocycles. The Kier molecular flexibility index (Phi) is 10.9. The highest BCUT2D eigenvalue weighted by Gasteiger charge is 2.41. The fourth-order valence-corrected chi connectivity index (χ4v) is 9.81. The molecule has 2 unspecified atom stereocenters. The van der Waals surface area contributed by atoms with Crippen molar-refractivity contribution in [1.29, 1.82) is 0 Å². The maximum atomic E-state index is 15.8. The Balaban J connectivity index is 0.723. The van der Waals surface area contributed by atoms with Crippen LogP contribution in [0.5, 0.6) is 0 Å². The van der Waals surface area contributed by atoms with Crippen molar-refractivity contribution in [1.82, 2.24) is 44.7 Å². The maximum absolute atomic E-state index is 15.8. The number of aromatic nitrogens is 5. The lowest BCUT2D eigenvalue weighted by atomic mass is 9.93. The zero-order valence-corrected chi connectivity index (χ0v) is 35.8. The predicted octanol–water partition coefficient (Wildman–Crippen LogP) is 3.89. The van der Waals surface area contributed by atoms with Crippen molar-refractivity contribution in [2.45, 2.75) is 31.3 Å². The van der Waals surface area contributed by atoms with E-state index in [0.717, 1.165) is 54.0 Å². The number of aromatic amines is 1. The number of rotatable bonds is 10. The standard InChI is InChI=1S/C45H45FN12O5S/c1-53-36-24-30(6-7-31(36)39(52-53)32-8-9-37(59)50-42(32)61)56-15-13-54(14-16-56)26-38(60)57-19-17-55(18-20-57)29-4-2-27(3-5-29)28-22-33-34(35(46)23-28)25-58(44(33)63)40(41-47-10-11-48-41)43(62)51-45-49-12-21-64-45/h2-7,10-12,21-24,32,40H,8-9,13-20,25-26H2,1H3,(H,47,48)(H,49,51,62)(H,50,59,61). The molecule has 5 amide bonds. The number of hydrogen-bond donors (Lipinski definition) is 3. The van der Waals surface area contributed by atoms with Gasteiger partial charge in [0.1, 0.15) is 11.6 Å². The van der Waals surface area contributed by atoms with E-state index >= 15 is 4.39 Å². The first-order chi connectivity index (χ1) is 31.1. The number of anilines is 3. The molecule has 6 aromatic rings. The van der Waals surface area contributed by atoms with E-state index in [1.165, 1.54) is 28.5 Å². The third-order valence-electron chi connectivity index (χ3n) is 12.7. The Morgan fingerprint density at radius 1 is 0.891 bits per heavy atom. The summed E-state index contributed by atoms with van der Waals surface area (Å²) in [5, 5.41) is 12.9. The molecule has 64 heavy (non-hydrogen) atoms. The maximum Gasteiger partial charge on any atom is 0.256 e. The lowest BCUT2D eigenvalue weighted by Gasteiger charge is -2.39. The molecular weight excluding hydrogens is 840 g/mol. The molecule has 10 rings (SSSR count). The number of nitrogens with zero attached hydrogens (tertiary/aromatic N) is 9. The highest BCUT2D eigenvalue weighted by Crippen LogP contribution is 2.37. The number of piperidine rings is 1. The number of benzene rings is 3. The van der Waals surface area contributed by atoms with Gasteiger partial charge in [0.2, 0.25) is 17.7 Å². The zero-order valence-electron chi connectivity index (χ0n) is 35.0. The minimum Gasteiger partial charge on any atom is -0.369 e. The van der Waals surface area contributed by atoms with Gasteiger partial charge in [0.05, 0.1) is 30.2 Å². The van der Waals surface area contributed by atoms with Gasteiger partial charge in [0.15, 0.2) is 11.2 Å². The second kappa shape index (κ2) is 16.9. The summed E-state index contributed by atoms with van der Waals surface area (Å²) in [6.07, 6.45) is 5.38. The van der Waals surface area contributed by atoms with Crippen molar-refractivity contribution >= 4 is 68.3 Å². The van der Waals surface area contributed by atoms with Crippen molar-refractivity contribution in [3.05, 3.63) is 107 Å². The molecule has 3 N–H and O–H groups in total. The van der Waals surface area contributed by atoms with Gasteiger partial charge in [-0.1, -0.05) is 12.1 Å². The van der Waals surface area contributed by atoms with Crippen LogP contribution in [0.4, 0.5) is 20.9 Å². The predicted molar refractivity (Wildman–Crippen MR) is 237 cm³/mol. The number of H-pyrrole nitrogens is 1. The summed E-state index contributed by atoms with van der Waals surface area (Å²) in [4.78, 5) is 86.4. The molecule has 0 bridgehead atoms. The second-order valence-electron chi connectivity index (χ2n) is 16.5. The molecule has 17 nitrogen and oxygen atoms in total. The number of carbonyl (C=O) groups excluding carboxylic acids is 5. The van der Waals surface area contributed by atoms with Gasteiger partial charge in [-0.25, -0.2) is 14.4 Å². The fourth-order valence-electron chi connectivity index (χ4n) is 9.28. The number of fused-ring (bicyclic) bond motifs is 2. The molecule has 0 saturated carbocycles. The minimum atomic E-state index is -1.12. The summed E-state index contributed by atoms with van der Waals surface area (Å²) in [5.41, 5.74) is 5.39. The summed E-state index contributed by atoms with van der Waals surface area (Å²) in [6.45, 7) is 5.85. The van der Waals surface area contributed by atoms with E-state index in [-0.39, 0.29) is 41.2 Å². The minimum absolute atomic E-state index is 0.0932. The number of hydrogen-bond acceptors (Lipinski definition) is 12. The Hall–Kier alpha value is -6.99. The SMILES string of the molecule is Cn1nc(C2CCC(=O)NC2=O)c2ccc(N3CCN(CC(=O)N4CCN(c5ccc(-c6cc(F)c7c(c6)C(=O)N(C(C(=O)Nc6nccs6)c6ncc[nH]6)C7)cc5)CC4)CC3)cc21. The van der Waals surface area contributed by atoms with E-state index in [9.17, 15) is 24.0 Å². The smallest absolute Gasteiger partial charge is 0.256 e. The highest BCUT2D eigenvalue weighted by atomic mass is 32.1. The largest absolute Gasteiger partial charge is 0.369 e. The van der Waals surface area contributed by atoms with Gasteiger partial charge in [0, 0.05) is 118 Å². The average molecular weight is 885 g/mol. The third kappa shape index (κ3) is 7.85. The van der Waals surface area contributed by atoms with E-state index in [4.69, 9.17) is 0 Å². The van der Waals surface area contributed by atoms with Gasteiger partial charge in [0.25, 0.3) is 11.8 Å². The van der Waals surface area contributed by atoms with E-state index in [1.54, 1.807) is 28.5 Å². The van der Waals surface area contributed by atoms with Crippen LogP contribution in [0.15, 0.2) is 78.6 Å². The van der Waals surface area contributed by atoms with Crippen LogP contribution in [0.1, 0.15) is 52.2 Å². The van der Waals surface area contributed by atoms with Crippen LogP contribution < -0.4 is 20.4 Å².